The maximum Gasteiger partial charge on any atom is 0.302 e. The number of hydrogen-bond acceptors (Lipinski definition) is 4. The molecule has 6 heteroatoms. The van der Waals surface area contributed by atoms with Crippen molar-refractivity contribution in [3.63, 3.8) is 0 Å². The van der Waals surface area contributed by atoms with Crippen LogP contribution in [0.4, 0.5) is 5.69 Å². The quantitative estimate of drug-likeness (QED) is 0.543. The fourth-order valence-corrected chi connectivity index (χ4v) is 2.47. The third-order valence-electron chi connectivity index (χ3n) is 3.37. The SMILES string of the molecule is CCCc1nccn1-c1ccc2ncccc2c1[N+](=O)[O-]. The zero-order valence-electron chi connectivity index (χ0n) is 11.6. The highest BCUT2D eigenvalue weighted by Gasteiger charge is 2.21. The first-order chi connectivity index (χ1) is 10.2. The van der Waals surface area contributed by atoms with E-state index in [0.717, 1.165) is 18.7 Å². The Kier molecular flexibility index (Phi) is 3.35. The van der Waals surface area contributed by atoms with E-state index in [2.05, 4.69) is 16.9 Å². The molecule has 0 aliphatic heterocycles. The molecule has 0 radical (unpaired) electrons. The molecule has 0 unspecified atom stereocenters. The fourth-order valence-electron chi connectivity index (χ4n) is 2.47. The van der Waals surface area contributed by atoms with E-state index in [4.69, 9.17) is 0 Å². The summed E-state index contributed by atoms with van der Waals surface area (Å²) >= 11 is 0. The van der Waals surface area contributed by atoms with Gasteiger partial charge in [0.15, 0.2) is 0 Å². The summed E-state index contributed by atoms with van der Waals surface area (Å²) in [6, 6.07) is 6.96. The number of pyridine rings is 1. The van der Waals surface area contributed by atoms with Gasteiger partial charge in [0, 0.05) is 25.0 Å². The highest BCUT2D eigenvalue weighted by atomic mass is 16.6. The summed E-state index contributed by atoms with van der Waals surface area (Å²) in [4.78, 5) is 19.7. The van der Waals surface area contributed by atoms with E-state index in [1.165, 1.54) is 0 Å². The Hall–Kier alpha value is -2.76. The molecule has 1 aromatic carbocycles. The third kappa shape index (κ3) is 2.24. The summed E-state index contributed by atoms with van der Waals surface area (Å²) in [7, 11) is 0. The molecule has 2 aromatic heterocycles. The molecular weight excluding hydrogens is 268 g/mol. The molecule has 6 nitrogen and oxygen atoms in total. The normalized spacial score (nSPS) is 10.9. The number of aromatic nitrogens is 3. The molecule has 0 N–H and O–H groups in total. The van der Waals surface area contributed by atoms with E-state index in [1.807, 2.05) is 0 Å². The zero-order valence-corrected chi connectivity index (χ0v) is 11.6. The average molecular weight is 282 g/mol. The Labute approximate surface area is 121 Å². The van der Waals surface area contributed by atoms with Gasteiger partial charge in [-0.15, -0.1) is 0 Å². The lowest BCUT2D eigenvalue weighted by Crippen LogP contribution is -2.04. The van der Waals surface area contributed by atoms with E-state index >= 15 is 0 Å². The number of imidazole rings is 1. The Morgan fingerprint density at radius 2 is 2.10 bits per heavy atom. The molecule has 0 bridgehead atoms. The van der Waals surface area contributed by atoms with Crippen molar-refractivity contribution in [2.75, 3.05) is 0 Å². The molecule has 0 aliphatic carbocycles. The van der Waals surface area contributed by atoms with Gasteiger partial charge in [-0.3, -0.25) is 19.7 Å². The minimum atomic E-state index is -0.352. The second kappa shape index (κ2) is 5.32. The van der Waals surface area contributed by atoms with Crippen molar-refractivity contribution in [3.8, 4) is 5.69 Å². The van der Waals surface area contributed by atoms with Gasteiger partial charge in [0.05, 0.1) is 15.8 Å². The molecule has 3 rings (SSSR count). The van der Waals surface area contributed by atoms with Crippen LogP contribution in [0, 0.1) is 10.1 Å². The molecule has 0 atom stereocenters. The van der Waals surface area contributed by atoms with Crippen LogP contribution in [0.3, 0.4) is 0 Å². The lowest BCUT2D eigenvalue weighted by Gasteiger charge is -2.09. The largest absolute Gasteiger partial charge is 0.302 e. The Morgan fingerprint density at radius 3 is 2.86 bits per heavy atom. The first kappa shape index (κ1) is 13.2. The van der Waals surface area contributed by atoms with Crippen LogP contribution in [0.2, 0.25) is 0 Å². The van der Waals surface area contributed by atoms with Crippen LogP contribution >= 0.6 is 0 Å². The van der Waals surface area contributed by atoms with Crippen LogP contribution in [0.25, 0.3) is 16.6 Å². The van der Waals surface area contributed by atoms with Gasteiger partial charge in [0.2, 0.25) is 0 Å². The number of benzene rings is 1. The van der Waals surface area contributed by atoms with Crippen LogP contribution in [-0.2, 0) is 6.42 Å². The molecule has 21 heavy (non-hydrogen) atoms. The summed E-state index contributed by atoms with van der Waals surface area (Å²) < 4.78 is 1.79. The molecule has 0 amide bonds. The van der Waals surface area contributed by atoms with Gasteiger partial charge in [-0.2, -0.15) is 0 Å². The van der Waals surface area contributed by atoms with Gasteiger partial charge in [-0.05, 0) is 30.7 Å². The molecule has 0 fully saturated rings. The highest BCUT2D eigenvalue weighted by molar-refractivity contribution is 5.91. The van der Waals surface area contributed by atoms with Crippen LogP contribution in [-0.4, -0.2) is 19.5 Å². The number of hydrogen-bond donors (Lipinski definition) is 0. The van der Waals surface area contributed by atoms with Gasteiger partial charge in [-0.1, -0.05) is 6.92 Å². The van der Waals surface area contributed by atoms with Gasteiger partial charge >= 0.3 is 5.69 Å². The van der Waals surface area contributed by atoms with E-state index < -0.39 is 0 Å². The predicted molar refractivity (Wildman–Crippen MR) is 79.5 cm³/mol. The lowest BCUT2D eigenvalue weighted by atomic mass is 10.1. The van der Waals surface area contributed by atoms with Crippen molar-refractivity contribution in [2.45, 2.75) is 19.8 Å². The Balaban J connectivity index is 2.29. The van der Waals surface area contributed by atoms with Crippen molar-refractivity contribution in [1.82, 2.24) is 14.5 Å². The van der Waals surface area contributed by atoms with E-state index in [1.54, 1.807) is 47.4 Å². The molecule has 106 valence electrons. The van der Waals surface area contributed by atoms with Crippen molar-refractivity contribution in [2.24, 2.45) is 0 Å². The van der Waals surface area contributed by atoms with Crippen LogP contribution in [0.5, 0.6) is 0 Å². The third-order valence-corrected chi connectivity index (χ3v) is 3.37. The minimum absolute atomic E-state index is 0.0657. The minimum Gasteiger partial charge on any atom is -0.298 e. The van der Waals surface area contributed by atoms with Gasteiger partial charge < -0.3 is 0 Å². The van der Waals surface area contributed by atoms with Gasteiger partial charge in [0.25, 0.3) is 0 Å². The zero-order chi connectivity index (χ0) is 14.8. The average Bonchev–Trinajstić information content (AvgIpc) is 2.94. The van der Waals surface area contributed by atoms with Crippen molar-refractivity contribution in [3.05, 3.63) is 58.8 Å². The number of nitrogens with zero attached hydrogens (tertiary/aromatic N) is 4. The Morgan fingerprint density at radius 1 is 1.24 bits per heavy atom. The predicted octanol–water partition coefficient (Wildman–Crippen LogP) is 3.28. The standard InChI is InChI=1S/C15H14N4O2/c1-2-4-14-17-9-10-18(14)13-7-6-12-11(5-3-8-16-12)15(13)19(20)21/h3,5-10H,2,4H2,1H3. The van der Waals surface area contributed by atoms with Crippen LogP contribution in [0.15, 0.2) is 42.9 Å². The molecule has 0 saturated heterocycles. The van der Waals surface area contributed by atoms with Gasteiger partial charge in [0.1, 0.15) is 11.5 Å². The molecule has 0 aliphatic rings. The lowest BCUT2D eigenvalue weighted by molar-refractivity contribution is -0.382. The first-order valence-electron chi connectivity index (χ1n) is 6.77. The maximum absolute atomic E-state index is 11.5. The summed E-state index contributed by atoms with van der Waals surface area (Å²) in [5.74, 6) is 0.823. The van der Waals surface area contributed by atoms with E-state index in [0.29, 0.717) is 16.6 Å². The number of aryl methyl sites for hydroxylation is 1. The molecule has 0 spiro atoms. The summed E-state index contributed by atoms with van der Waals surface area (Å²) in [5.41, 5.74) is 1.21. The summed E-state index contributed by atoms with van der Waals surface area (Å²) in [6.45, 7) is 2.05. The maximum atomic E-state index is 11.5. The number of fused-ring (bicyclic) bond motifs is 1. The van der Waals surface area contributed by atoms with Crippen LogP contribution < -0.4 is 0 Å². The second-order valence-electron chi connectivity index (χ2n) is 4.72. The number of nitro benzene ring substituents is 1. The van der Waals surface area contributed by atoms with Crippen molar-refractivity contribution in [1.29, 1.82) is 0 Å². The Bertz CT molecular complexity index is 810. The van der Waals surface area contributed by atoms with Crippen LogP contribution in [0.1, 0.15) is 19.2 Å². The fraction of sp³-hybridized carbons (Fsp3) is 0.200. The number of nitro groups is 1. The first-order valence-corrected chi connectivity index (χ1v) is 6.77. The highest BCUT2D eigenvalue weighted by Crippen LogP contribution is 2.31. The van der Waals surface area contributed by atoms with Crippen molar-refractivity contribution >= 4 is 16.6 Å². The topological polar surface area (TPSA) is 73.8 Å². The monoisotopic (exact) mass is 282 g/mol. The van der Waals surface area contributed by atoms with E-state index in [-0.39, 0.29) is 10.6 Å². The smallest absolute Gasteiger partial charge is 0.298 e. The number of rotatable bonds is 4. The summed E-state index contributed by atoms with van der Waals surface area (Å²) in [6.07, 6.45) is 6.76. The second-order valence-corrected chi connectivity index (χ2v) is 4.72. The molecule has 0 saturated carbocycles. The van der Waals surface area contributed by atoms with Gasteiger partial charge in [-0.25, -0.2) is 4.98 Å². The molecule has 3 aromatic rings. The van der Waals surface area contributed by atoms with Crippen molar-refractivity contribution < 1.29 is 4.92 Å². The molecule has 2 heterocycles. The summed E-state index contributed by atoms with van der Waals surface area (Å²) in [5, 5.41) is 12.1. The molecular formula is C15H14N4O2. The van der Waals surface area contributed by atoms with E-state index in [9.17, 15) is 10.1 Å².